The minimum atomic E-state index is -0.558. The molecule has 2 heterocycles. The number of halogens is 2. The Morgan fingerprint density at radius 1 is 1.32 bits per heavy atom. The van der Waals surface area contributed by atoms with Crippen LogP contribution in [0.15, 0.2) is 18.2 Å². The van der Waals surface area contributed by atoms with E-state index in [1.165, 1.54) is 23.1 Å². The Hall–Kier alpha value is -1.86. The summed E-state index contributed by atoms with van der Waals surface area (Å²) in [7, 11) is 0. The highest BCUT2D eigenvalue weighted by Crippen LogP contribution is 2.25. The van der Waals surface area contributed by atoms with Crippen LogP contribution in [0.3, 0.4) is 0 Å². The minimum absolute atomic E-state index is 0. The smallest absolute Gasteiger partial charge is 0.321 e. The van der Waals surface area contributed by atoms with Crippen LogP contribution >= 0.6 is 12.4 Å². The number of urea groups is 1. The van der Waals surface area contributed by atoms with Gasteiger partial charge in [-0.15, -0.1) is 12.4 Å². The van der Waals surface area contributed by atoms with Crippen molar-refractivity contribution in [1.82, 2.24) is 10.2 Å². The lowest BCUT2D eigenvalue weighted by molar-refractivity contribution is 0.0676. The Bertz CT molecular complexity index is 648. The Morgan fingerprint density at radius 2 is 2.00 bits per heavy atom. The standard InChI is InChI=1S/C17H23FN4O2.ClH/c1-11(19)12-4-7-21(8-5-12)16(23)14-10-13(2-3-15(14)18)22-9-6-20-17(22)24;/h2-3,10-12H,4-9,19H2,1H3,(H,20,24);1H. The monoisotopic (exact) mass is 370 g/mol. The number of amides is 3. The van der Waals surface area contributed by atoms with E-state index in [0.29, 0.717) is 37.8 Å². The number of nitrogens with two attached hydrogens (primary N) is 1. The van der Waals surface area contributed by atoms with E-state index < -0.39 is 5.82 Å². The lowest BCUT2D eigenvalue weighted by atomic mass is 9.90. The number of piperidine rings is 1. The molecule has 0 radical (unpaired) electrons. The molecule has 1 atom stereocenters. The van der Waals surface area contributed by atoms with Gasteiger partial charge in [-0.05, 0) is 43.9 Å². The molecule has 3 amide bonds. The van der Waals surface area contributed by atoms with E-state index in [9.17, 15) is 14.0 Å². The molecular formula is C17H24ClFN4O2. The van der Waals surface area contributed by atoms with E-state index in [2.05, 4.69) is 5.32 Å². The van der Waals surface area contributed by atoms with Crippen molar-refractivity contribution in [2.45, 2.75) is 25.8 Å². The quantitative estimate of drug-likeness (QED) is 0.853. The number of nitrogens with zero attached hydrogens (tertiary/aromatic N) is 2. The van der Waals surface area contributed by atoms with Gasteiger partial charge in [0.15, 0.2) is 0 Å². The summed E-state index contributed by atoms with van der Waals surface area (Å²) in [5.41, 5.74) is 6.48. The number of benzene rings is 1. The molecule has 0 bridgehead atoms. The summed E-state index contributed by atoms with van der Waals surface area (Å²) in [5, 5.41) is 2.70. The van der Waals surface area contributed by atoms with Gasteiger partial charge in [0.05, 0.1) is 5.56 Å². The Morgan fingerprint density at radius 3 is 2.56 bits per heavy atom. The summed E-state index contributed by atoms with van der Waals surface area (Å²) in [6, 6.07) is 4.14. The lowest BCUT2D eigenvalue weighted by Crippen LogP contribution is -2.42. The number of nitrogens with one attached hydrogen (secondary N) is 1. The van der Waals surface area contributed by atoms with Gasteiger partial charge in [-0.3, -0.25) is 9.69 Å². The molecule has 0 saturated carbocycles. The first-order valence-electron chi connectivity index (χ1n) is 8.37. The first-order valence-corrected chi connectivity index (χ1v) is 8.37. The molecule has 1 unspecified atom stereocenters. The summed E-state index contributed by atoms with van der Waals surface area (Å²) in [5.74, 6) is -0.478. The Kier molecular flexibility index (Phi) is 6.24. The van der Waals surface area contributed by atoms with Crippen molar-refractivity contribution >= 4 is 30.0 Å². The third-order valence-electron chi connectivity index (χ3n) is 4.92. The van der Waals surface area contributed by atoms with Gasteiger partial charge in [0.1, 0.15) is 5.82 Å². The zero-order valence-electron chi connectivity index (χ0n) is 14.2. The number of hydrogen-bond donors (Lipinski definition) is 2. The van der Waals surface area contributed by atoms with Gasteiger partial charge in [-0.2, -0.15) is 0 Å². The summed E-state index contributed by atoms with van der Waals surface area (Å²) in [4.78, 5) is 27.6. The SMILES string of the molecule is CC(N)C1CCN(C(=O)c2cc(N3CCNC3=O)ccc2F)CC1.Cl. The highest BCUT2D eigenvalue weighted by molar-refractivity contribution is 5.98. The molecular weight excluding hydrogens is 347 g/mol. The van der Waals surface area contributed by atoms with Crippen molar-refractivity contribution in [2.75, 3.05) is 31.1 Å². The van der Waals surface area contributed by atoms with Crippen molar-refractivity contribution in [3.05, 3.63) is 29.6 Å². The van der Waals surface area contributed by atoms with E-state index in [4.69, 9.17) is 5.73 Å². The van der Waals surface area contributed by atoms with Crippen molar-refractivity contribution in [3.63, 3.8) is 0 Å². The van der Waals surface area contributed by atoms with Crippen molar-refractivity contribution < 1.29 is 14.0 Å². The predicted molar refractivity (Wildman–Crippen MR) is 96.7 cm³/mol. The number of rotatable bonds is 3. The van der Waals surface area contributed by atoms with Gasteiger partial charge >= 0.3 is 6.03 Å². The maximum absolute atomic E-state index is 14.2. The highest BCUT2D eigenvalue weighted by Gasteiger charge is 2.28. The molecule has 138 valence electrons. The van der Waals surface area contributed by atoms with Crippen LogP contribution < -0.4 is 16.0 Å². The van der Waals surface area contributed by atoms with Gasteiger partial charge in [-0.1, -0.05) is 0 Å². The third kappa shape index (κ3) is 4.04. The molecule has 0 spiro atoms. The maximum Gasteiger partial charge on any atom is 0.321 e. The van der Waals surface area contributed by atoms with Crippen molar-refractivity contribution in [1.29, 1.82) is 0 Å². The average molecular weight is 371 g/mol. The van der Waals surface area contributed by atoms with Crippen LogP contribution in [-0.2, 0) is 0 Å². The Balaban J connectivity index is 0.00000225. The van der Waals surface area contributed by atoms with Gasteiger partial charge in [0, 0.05) is 37.9 Å². The van der Waals surface area contributed by atoms with Gasteiger partial charge in [0.2, 0.25) is 0 Å². The molecule has 8 heteroatoms. The fraction of sp³-hybridized carbons (Fsp3) is 0.529. The zero-order valence-corrected chi connectivity index (χ0v) is 15.0. The number of carbonyl (C=O) groups is 2. The van der Waals surface area contributed by atoms with Crippen LogP contribution in [0.5, 0.6) is 0 Å². The van der Waals surface area contributed by atoms with Crippen molar-refractivity contribution in [2.24, 2.45) is 11.7 Å². The normalized spacial score (nSPS) is 19.4. The predicted octanol–water partition coefficient (Wildman–Crippen LogP) is 1.98. The number of anilines is 1. The van der Waals surface area contributed by atoms with Crippen molar-refractivity contribution in [3.8, 4) is 0 Å². The fourth-order valence-corrected chi connectivity index (χ4v) is 3.36. The minimum Gasteiger partial charge on any atom is -0.339 e. The van der Waals surface area contributed by atoms with E-state index in [1.807, 2.05) is 6.92 Å². The molecule has 2 fully saturated rings. The Labute approximate surface area is 152 Å². The van der Waals surface area contributed by atoms with E-state index >= 15 is 0 Å². The summed E-state index contributed by atoms with van der Waals surface area (Å²) in [6.45, 7) is 4.20. The molecule has 2 aliphatic rings. The van der Waals surface area contributed by atoms with E-state index in [1.54, 1.807) is 4.90 Å². The largest absolute Gasteiger partial charge is 0.339 e. The third-order valence-corrected chi connectivity index (χ3v) is 4.92. The molecule has 6 nitrogen and oxygen atoms in total. The number of likely N-dealkylation sites (tertiary alicyclic amines) is 1. The topological polar surface area (TPSA) is 78.7 Å². The van der Waals surface area contributed by atoms with E-state index in [0.717, 1.165) is 12.8 Å². The lowest BCUT2D eigenvalue weighted by Gasteiger charge is -2.34. The molecule has 1 aromatic carbocycles. The van der Waals surface area contributed by atoms with Crippen LogP contribution in [0.25, 0.3) is 0 Å². The van der Waals surface area contributed by atoms with Gasteiger partial charge < -0.3 is 16.0 Å². The molecule has 3 N–H and O–H groups in total. The molecule has 1 aromatic rings. The number of hydrogen-bond acceptors (Lipinski definition) is 3. The second-order valence-corrected chi connectivity index (χ2v) is 6.54. The molecule has 2 aliphatic heterocycles. The molecule has 3 rings (SSSR count). The van der Waals surface area contributed by atoms with Crippen LogP contribution in [0, 0.1) is 11.7 Å². The van der Waals surface area contributed by atoms with Crippen LogP contribution in [0.4, 0.5) is 14.9 Å². The number of carbonyl (C=O) groups excluding carboxylic acids is 2. The summed E-state index contributed by atoms with van der Waals surface area (Å²) in [6.07, 6.45) is 1.67. The summed E-state index contributed by atoms with van der Waals surface area (Å²) < 4.78 is 14.2. The second kappa shape index (κ2) is 8.01. The van der Waals surface area contributed by atoms with Gasteiger partial charge in [-0.25, -0.2) is 9.18 Å². The van der Waals surface area contributed by atoms with Crippen LogP contribution in [-0.4, -0.2) is 49.1 Å². The molecule has 25 heavy (non-hydrogen) atoms. The maximum atomic E-state index is 14.2. The van der Waals surface area contributed by atoms with E-state index in [-0.39, 0.29) is 36.0 Å². The second-order valence-electron chi connectivity index (χ2n) is 6.54. The highest BCUT2D eigenvalue weighted by atomic mass is 35.5. The van der Waals surface area contributed by atoms with Crippen LogP contribution in [0.1, 0.15) is 30.1 Å². The zero-order chi connectivity index (χ0) is 17.3. The first kappa shape index (κ1) is 19.5. The fourth-order valence-electron chi connectivity index (χ4n) is 3.36. The molecule has 2 saturated heterocycles. The average Bonchev–Trinajstić information content (AvgIpc) is 3.01. The summed E-state index contributed by atoms with van der Waals surface area (Å²) >= 11 is 0. The molecule has 0 aromatic heterocycles. The van der Waals surface area contributed by atoms with Gasteiger partial charge in [0.25, 0.3) is 5.91 Å². The first-order chi connectivity index (χ1) is 11.5. The molecule has 0 aliphatic carbocycles. The van der Waals surface area contributed by atoms with Crippen LogP contribution in [0.2, 0.25) is 0 Å².